The highest BCUT2D eigenvalue weighted by molar-refractivity contribution is 7.88. The smallest absolute Gasteiger partial charge is 0.211 e. The first-order valence-corrected chi connectivity index (χ1v) is 14.2. The molecule has 0 bridgehead atoms. The third kappa shape index (κ3) is 7.38. The Hall–Kier alpha value is -2.22. The van der Waals surface area contributed by atoms with Crippen molar-refractivity contribution in [3.8, 4) is 0 Å². The summed E-state index contributed by atoms with van der Waals surface area (Å²) in [7, 11) is 0.692. The summed E-state index contributed by atoms with van der Waals surface area (Å²) >= 11 is 1.61. The first-order chi connectivity index (χ1) is 16.6. The van der Waals surface area contributed by atoms with E-state index < -0.39 is 10.0 Å². The van der Waals surface area contributed by atoms with Crippen molar-refractivity contribution in [2.45, 2.75) is 6.54 Å². The molecule has 0 atom stereocenters. The maximum absolute atomic E-state index is 11.8. The molecule has 2 fully saturated rings. The van der Waals surface area contributed by atoms with Gasteiger partial charge in [0.2, 0.25) is 10.0 Å². The van der Waals surface area contributed by atoms with Crippen LogP contribution < -0.4 is 10.4 Å². The van der Waals surface area contributed by atoms with Crippen molar-refractivity contribution in [2.24, 2.45) is 0 Å². The molecule has 0 aliphatic carbocycles. The number of anilines is 1. The lowest BCUT2D eigenvalue weighted by Gasteiger charge is -2.33. The fourth-order valence-corrected chi connectivity index (χ4v) is 5.98. The summed E-state index contributed by atoms with van der Waals surface area (Å²) in [6.45, 7) is 13.4. The van der Waals surface area contributed by atoms with Crippen molar-refractivity contribution < 1.29 is 13.2 Å². The predicted molar refractivity (Wildman–Crippen MR) is 143 cm³/mol. The van der Waals surface area contributed by atoms with Crippen LogP contribution in [0.1, 0.15) is 9.75 Å². The van der Waals surface area contributed by atoms with Crippen LogP contribution in [0.3, 0.4) is 0 Å². The number of hydrogen-bond acceptors (Lipinski definition) is 9. The Morgan fingerprint density at radius 2 is 1.89 bits per heavy atom. The van der Waals surface area contributed by atoms with E-state index in [0.29, 0.717) is 70.6 Å². The Morgan fingerprint density at radius 3 is 2.49 bits per heavy atom. The van der Waals surface area contributed by atoms with Crippen molar-refractivity contribution in [2.75, 3.05) is 77.8 Å². The van der Waals surface area contributed by atoms with Crippen molar-refractivity contribution in [1.82, 2.24) is 24.6 Å². The van der Waals surface area contributed by atoms with Crippen LogP contribution in [0, 0.1) is 5.41 Å². The van der Waals surface area contributed by atoms with E-state index in [9.17, 15) is 8.42 Å². The monoisotopic (exact) mass is 523 g/mol. The molecule has 0 amide bonds. The topological polar surface area (TPSA) is 95.5 Å². The Balaban J connectivity index is 1.78. The van der Waals surface area contributed by atoms with Gasteiger partial charge in [-0.3, -0.25) is 15.3 Å². The fraction of sp³-hybridized carbons (Fsp3) is 0.522. The molecule has 1 aromatic rings. The van der Waals surface area contributed by atoms with Crippen molar-refractivity contribution in [1.29, 1.82) is 5.41 Å². The number of amidine groups is 1. The zero-order chi connectivity index (χ0) is 25.6. The number of hydrazine groups is 2. The average Bonchev–Trinajstić information content (AvgIpc) is 3.25. The fourth-order valence-electron chi connectivity index (χ4n) is 3.95. The van der Waals surface area contributed by atoms with Gasteiger partial charge in [0.25, 0.3) is 0 Å². The quantitative estimate of drug-likeness (QED) is 0.206. The van der Waals surface area contributed by atoms with Crippen LogP contribution >= 0.6 is 11.3 Å². The Labute approximate surface area is 213 Å². The molecule has 35 heavy (non-hydrogen) atoms. The van der Waals surface area contributed by atoms with Gasteiger partial charge in [0.05, 0.1) is 30.0 Å². The number of morpholine rings is 1. The lowest BCUT2D eigenvalue weighted by Crippen LogP contribution is -2.47. The Bertz CT molecular complexity index is 1040. The molecule has 0 radical (unpaired) electrons. The minimum Gasteiger partial charge on any atom is -0.378 e. The largest absolute Gasteiger partial charge is 0.378 e. The molecule has 2 aliphatic heterocycles. The number of sulfonamides is 1. The lowest BCUT2D eigenvalue weighted by atomic mass is 10.2. The highest BCUT2D eigenvalue weighted by atomic mass is 32.2. The van der Waals surface area contributed by atoms with Gasteiger partial charge in [0, 0.05) is 70.5 Å². The molecule has 0 unspecified atom stereocenters. The van der Waals surface area contributed by atoms with E-state index >= 15 is 0 Å². The first kappa shape index (κ1) is 27.4. The highest BCUT2D eigenvalue weighted by Crippen LogP contribution is 2.33. The van der Waals surface area contributed by atoms with E-state index in [4.69, 9.17) is 10.1 Å². The van der Waals surface area contributed by atoms with Gasteiger partial charge < -0.3 is 15.1 Å². The number of thiophene rings is 1. The van der Waals surface area contributed by atoms with E-state index in [1.165, 1.54) is 10.6 Å². The summed E-state index contributed by atoms with van der Waals surface area (Å²) in [6.07, 6.45) is 6.61. The molecule has 10 nitrogen and oxygen atoms in total. The number of hydrogen-bond donors (Lipinski definition) is 2. The van der Waals surface area contributed by atoms with Gasteiger partial charge in [-0.1, -0.05) is 25.3 Å². The molecular formula is C23H37N7O3S2. The van der Waals surface area contributed by atoms with Crippen LogP contribution in [-0.4, -0.2) is 106 Å². The molecule has 3 rings (SSSR count). The van der Waals surface area contributed by atoms with Crippen LogP contribution in [0.15, 0.2) is 43.1 Å². The second kappa shape index (κ2) is 12.2. The van der Waals surface area contributed by atoms with E-state index in [0.717, 1.165) is 15.4 Å². The molecule has 2 saturated heterocycles. The molecule has 2 aliphatic rings. The summed E-state index contributed by atoms with van der Waals surface area (Å²) in [5.41, 5.74) is 4.86. The van der Waals surface area contributed by atoms with E-state index in [-0.39, 0.29) is 0 Å². The zero-order valence-corrected chi connectivity index (χ0v) is 22.5. The normalized spacial score (nSPS) is 18.2. The SMILES string of the molecule is C=C/C=C\C(=C)NN(C)N(C)c1cc(CN2CCN(S(C)(=O)=O)CC2)sc1C(=N)N1CCOCC1. The molecule has 0 spiro atoms. The molecule has 0 saturated carbocycles. The lowest BCUT2D eigenvalue weighted by molar-refractivity contribution is 0.0680. The summed E-state index contributed by atoms with van der Waals surface area (Å²) in [5, 5.41) is 12.8. The van der Waals surface area contributed by atoms with Gasteiger partial charge in [0.15, 0.2) is 0 Å². The van der Waals surface area contributed by atoms with Gasteiger partial charge in [-0.05, 0) is 12.1 Å². The van der Waals surface area contributed by atoms with Crippen molar-refractivity contribution in [3.05, 3.63) is 52.9 Å². The molecule has 1 aromatic heterocycles. The van der Waals surface area contributed by atoms with E-state index in [1.54, 1.807) is 17.4 Å². The maximum atomic E-state index is 11.8. The first-order valence-electron chi connectivity index (χ1n) is 11.5. The summed E-state index contributed by atoms with van der Waals surface area (Å²) < 4.78 is 30.7. The zero-order valence-electron chi connectivity index (χ0n) is 20.9. The number of nitrogens with one attached hydrogen (secondary N) is 2. The minimum atomic E-state index is -3.16. The molecule has 194 valence electrons. The van der Waals surface area contributed by atoms with Crippen LogP contribution in [0.25, 0.3) is 0 Å². The van der Waals surface area contributed by atoms with Crippen LogP contribution in [0.4, 0.5) is 5.69 Å². The van der Waals surface area contributed by atoms with Crippen molar-refractivity contribution >= 4 is 32.9 Å². The van der Waals surface area contributed by atoms with Gasteiger partial charge in [0.1, 0.15) is 5.84 Å². The minimum absolute atomic E-state index is 0.493. The van der Waals surface area contributed by atoms with Crippen LogP contribution in [-0.2, 0) is 21.3 Å². The second-order valence-electron chi connectivity index (χ2n) is 8.59. The summed E-state index contributed by atoms with van der Waals surface area (Å²) in [6, 6.07) is 2.12. The van der Waals surface area contributed by atoms with E-state index in [1.807, 2.05) is 36.4 Å². The third-order valence-corrected chi connectivity index (χ3v) is 8.44. The Kier molecular flexibility index (Phi) is 9.50. The molecule has 2 N–H and O–H groups in total. The molecular weight excluding hydrogens is 486 g/mol. The standard InChI is InChI=1S/C23H37N7O3S2/c1-6-7-8-19(2)25-27(4)26(3)21-17-20(18-28-9-11-30(12-10-28)35(5,31)32)34-22(21)23(24)29-13-15-33-16-14-29/h6-8,17,24-25H,1-2,9-16,18H2,3-5H3/b8-7-,24-23?. The predicted octanol–water partition coefficient (Wildman–Crippen LogP) is 1.53. The number of allylic oxidation sites excluding steroid dienone is 3. The summed E-state index contributed by atoms with van der Waals surface area (Å²) in [5.74, 6) is 0.493. The van der Waals surface area contributed by atoms with Crippen molar-refractivity contribution in [3.63, 3.8) is 0 Å². The van der Waals surface area contributed by atoms with Gasteiger partial charge in [-0.25, -0.2) is 8.42 Å². The molecule has 0 aromatic carbocycles. The van der Waals surface area contributed by atoms with Crippen LogP contribution in [0.5, 0.6) is 0 Å². The number of nitrogens with zero attached hydrogens (tertiary/aromatic N) is 5. The summed E-state index contributed by atoms with van der Waals surface area (Å²) in [4.78, 5) is 6.34. The average molecular weight is 524 g/mol. The van der Waals surface area contributed by atoms with Crippen LogP contribution in [0.2, 0.25) is 0 Å². The van der Waals surface area contributed by atoms with Gasteiger partial charge in [-0.2, -0.15) is 4.31 Å². The molecule has 3 heterocycles. The molecule has 12 heteroatoms. The number of rotatable bonds is 10. The number of piperazine rings is 1. The highest BCUT2D eigenvalue weighted by Gasteiger charge is 2.27. The van der Waals surface area contributed by atoms with Gasteiger partial charge >= 0.3 is 0 Å². The second-order valence-corrected chi connectivity index (χ2v) is 11.7. The van der Waals surface area contributed by atoms with Gasteiger partial charge in [-0.15, -0.1) is 16.5 Å². The Morgan fingerprint density at radius 1 is 1.23 bits per heavy atom. The maximum Gasteiger partial charge on any atom is 0.211 e. The third-order valence-electron chi connectivity index (χ3n) is 6.02. The van der Waals surface area contributed by atoms with E-state index in [2.05, 4.69) is 34.4 Å². The number of ether oxygens (including phenoxy) is 1.